The molecule has 0 radical (unpaired) electrons. The number of allylic oxidation sites excluding steroid dienone is 12. The van der Waals surface area contributed by atoms with Gasteiger partial charge in [0.15, 0.2) is 6.10 Å². The first-order chi connectivity index (χ1) is 30.5. The number of carbonyl (C=O) groups is 3. The summed E-state index contributed by atoms with van der Waals surface area (Å²) in [6.45, 7) is 6.47. The Kier molecular flexibility index (Phi) is 47.9. The first-order valence-corrected chi connectivity index (χ1v) is 26.0. The zero-order chi connectivity index (χ0) is 45.1. The Bertz CT molecular complexity index is 1180. The SMILES string of the molecule is CC/C=C\C/C=C\C/C=C\C/C=C\CCCCCC(=O)OCC(COC(=O)CCCCCCCCCCCCCC)OC(=O)CCCCC/C=C\C=C/CCCCCCCCC. The summed E-state index contributed by atoms with van der Waals surface area (Å²) in [5.41, 5.74) is 0. The van der Waals surface area contributed by atoms with Gasteiger partial charge in [0, 0.05) is 19.3 Å². The van der Waals surface area contributed by atoms with Gasteiger partial charge in [-0.25, -0.2) is 0 Å². The van der Waals surface area contributed by atoms with E-state index in [1.54, 1.807) is 0 Å². The fraction of sp³-hybridized carbons (Fsp3) is 0.732. The van der Waals surface area contributed by atoms with Crippen molar-refractivity contribution in [1.82, 2.24) is 0 Å². The van der Waals surface area contributed by atoms with Crippen molar-refractivity contribution in [3.05, 3.63) is 72.9 Å². The van der Waals surface area contributed by atoms with Crippen molar-refractivity contribution < 1.29 is 28.6 Å². The first-order valence-electron chi connectivity index (χ1n) is 26.0. The van der Waals surface area contributed by atoms with Crippen LogP contribution in [0.15, 0.2) is 72.9 Å². The van der Waals surface area contributed by atoms with Gasteiger partial charge >= 0.3 is 17.9 Å². The zero-order valence-corrected chi connectivity index (χ0v) is 40.6. The number of rotatable bonds is 46. The van der Waals surface area contributed by atoms with Crippen LogP contribution in [0.2, 0.25) is 0 Å². The van der Waals surface area contributed by atoms with Crippen molar-refractivity contribution in [2.75, 3.05) is 13.2 Å². The smallest absolute Gasteiger partial charge is 0.306 e. The summed E-state index contributed by atoms with van der Waals surface area (Å²) in [7, 11) is 0. The van der Waals surface area contributed by atoms with Crippen LogP contribution < -0.4 is 0 Å². The molecule has 0 amide bonds. The van der Waals surface area contributed by atoms with Gasteiger partial charge in [-0.3, -0.25) is 14.4 Å². The quantitative estimate of drug-likeness (QED) is 0.0199. The third-order valence-corrected chi connectivity index (χ3v) is 11.0. The second-order valence-corrected chi connectivity index (χ2v) is 17.1. The lowest BCUT2D eigenvalue weighted by molar-refractivity contribution is -0.167. The minimum atomic E-state index is -0.800. The van der Waals surface area contributed by atoms with E-state index in [0.29, 0.717) is 19.3 Å². The van der Waals surface area contributed by atoms with Gasteiger partial charge in [-0.15, -0.1) is 0 Å². The fourth-order valence-electron chi connectivity index (χ4n) is 7.07. The van der Waals surface area contributed by atoms with E-state index in [9.17, 15) is 14.4 Å². The van der Waals surface area contributed by atoms with Crippen LogP contribution in [0.25, 0.3) is 0 Å². The van der Waals surface area contributed by atoms with E-state index >= 15 is 0 Å². The van der Waals surface area contributed by atoms with Crippen LogP contribution in [-0.4, -0.2) is 37.2 Å². The normalized spacial score (nSPS) is 12.6. The molecule has 0 aliphatic carbocycles. The van der Waals surface area contributed by atoms with Crippen LogP contribution >= 0.6 is 0 Å². The molecule has 0 N–H and O–H groups in total. The zero-order valence-electron chi connectivity index (χ0n) is 40.6. The Morgan fingerprint density at radius 3 is 1.10 bits per heavy atom. The molecule has 0 saturated carbocycles. The van der Waals surface area contributed by atoms with Crippen LogP contribution in [-0.2, 0) is 28.6 Å². The number of hydrogen-bond acceptors (Lipinski definition) is 6. The van der Waals surface area contributed by atoms with Crippen LogP contribution in [0.4, 0.5) is 0 Å². The van der Waals surface area contributed by atoms with E-state index in [1.807, 2.05) is 0 Å². The number of hydrogen-bond donors (Lipinski definition) is 0. The summed E-state index contributed by atoms with van der Waals surface area (Å²) in [5, 5.41) is 0. The molecule has 6 heteroatoms. The highest BCUT2D eigenvalue weighted by molar-refractivity contribution is 5.71. The monoisotopic (exact) mass is 865 g/mol. The van der Waals surface area contributed by atoms with E-state index in [1.165, 1.54) is 103 Å². The Morgan fingerprint density at radius 1 is 0.355 bits per heavy atom. The van der Waals surface area contributed by atoms with Crippen molar-refractivity contribution >= 4 is 17.9 Å². The molecule has 0 fully saturated rings. The highest BCUT2D eigenvalue weighted by Crippen LogP contribution is 2.14. The third kappa shape index (κ3) is 47.9. The predicted molar refractivity (Wildman–Crippen MR) is 265 cm³/mol. The molecule has 62 heavy (non-hydrogen) atoms. The van der Waals surface area contributed by atoms with E-state index in [0.717, 1.165) is 103 Å². The Labute approximate surface area is 382 Å². The molecule has 0 rings (SSSR count). The maximum atomic E-state index is 12.8. The maximum Gasteiger partial charge on any atom is 0.306 e. The van der Waals surface area contributed by atoms with Gasteiger partial charge in [-0.2, -0.15) is 0 Å². The standard InChI is InChI=1S/C56H96O6/c1-4-7-10-13-16-19-22-25-27-29-31-34-37-40-43-46-49-55(58)61-52-53(51-60-54(57)48-45-42-39-36-33-24-21-18-15-12-9-6-3)62-56(59)50-47-44-41-38-35-32-30-28-26-23-20-17-14-11-8-5-2/h7,10,16,19,25,27-28,30-32,34-35,53H,4-6,8-9,11-15,17-18,20-24,26,29,33,36-52H2,1-3H3/b10-7-,19-16-,27-25-,30-28-,34-31-,35-32-. The van der Waals surface area contributed by atoms with Crippen molar-refractivity contribution in [1.29, 1.82) is 0 Å². The minimum Gasteiger partial charge on any atom is -0.462 e. The molecule has 1 atom stereocenters. The number of ether oxygens (including phenoxy) is 3. The molecule has 0 heterocycles. The molecule has 0 aromatic heterocycles. The highest BCUT2D eigenvalue weighted by Gasteiger charge is 2.19. The lowest BCUT2D eigenvalue weighted by Crippen LogP contribution is -2.30. The number of unbranched alkanes of at least 4 members (excludes halogenated alkanes) is 24. The molecule has 0 aliphatic heterocycles. The Balaban J connectivity index is 4.48. The average molecular weight is 865 g/mol. The average Bonchev–Trinajstić information content (AvgIpc) is 3.27. The lowest BCUT2D eigenvalue weighted by Gasteiger charge is -2.18. The lowest BCUT2D eigenvalue weighted by atomic mass is 10.0. The molecule has 6 nitrogen and oxygen atoms in total. The first kappa shape index (κ1) is 58.9. The van der Waals surface area contributed by atoms with Crippen LogP contribution in [0.5, 0.6) is 0 Å². The summed E-state index contributed by atoms with van der Waals surface area (Å²) >= 11 is 0. The van der Waals surface area contributed by atoms with Gasteiger partial charge in [0.2, 0.25) is 0 Å². The molecule has 0 aromatic carbocycles. The third-order valence-electron chi connectivity index (χ3n) is 11.0. The molecule has 0 saturated heterocycles. The highest BCUT2D eigenvalue weighted by atomic mass is 16.6. The topological polar surface area (TPSA) is 78.9 Å². The largest absolute Gasteiger partial charge is 0.462 e. The summed E-state index contributed by atoms with van der Waals surface area (Å²) in [6, 6.07) is 0. The van der Waals surface area contributed by atoms with E-state index in [2.05, 4.69) is 93.7 Å². The molecule has 1 unspecified atom stereocenters. The number of esters is 3. The second-order valence-electron chi connectivity index (χ2n) is 17.1. The van der Waals surface area contributed by atoms with Crippen molar-refractivity contribution in [2.45, 2.75) is 252 Å². The van der Waals surface area contributed by atoms with Crippen LogP contribution in [0, 0.1) is 0 Å². The van der Waals surface area contributed by atoms with Gasteiger partial charge in [0.25, 0.3) is 0 Å². The summed E-state index contributed by atoms with van der Waals surface area (Å²) in [4.78, 5) is 37.9. The van der Waals surface area contributed by atoms with Gasteiger partial charge < -0.3 is 14.2 Å². The molecule has 0 aliphatic rings. The summed E-state index contributed by atoms with van der Waals surface area (Å²) in [5.74, 6) is -0.952. The summed E-state index contributed by atoms with van der Waals surface area (Å²) < 4.78 is 16.7. The minimum absolute atomic E-state index is 0.0950. The second kappa shape index (κ2) is 50.5. The molecule has 0 bridgehead atoms. The van der Waals surface area contributed by atoms with Crippen LogP contribution in [0.1, 0.15) is 245 Å². The van der Waals surface area contributed by atoms with Crippen molar-refractivity contribution in [2.24, 2.45) is 0 Å². The maximum absolute atomic E-state index is 12.8. The van der Waals surface area contributed by atoms with E-state index < -0.39 is 6.10 Å². The molecular weight excluding hydrogens is 769 g/mol. The fourth-order valence-corrected chi connectivity index (χ4v) is 7.07. The predicted octanol–water partition coefficient (Wildman–Crippen LogP) is 17.0. The Hall–Kier alpha value is -3.15. The molecule has 356 valence electrons. The van der Waals surface area contributed by atoms with Gasteiger partial charge in [-0.1, -0.05) is 216 Å². The van der Waals surface area contributed by atoms with Gasteiger partial charge in [0.05, 0.1) is 0 Å². The van der Waals surface area contributed by atoms with Crippen molar-refractivity contribution in [3.8, 4) is 0 Å². The van der Waals surface area contributed by atoms with Crippen molar-refractivity contribution in [3.63, 3.8) is 0 Å². The van der Waals surface area contributed by atoms with Gasteiger partial charge in [0.1, 0.15) is 13.2 Å². The molecule has 0 spiro atoms. The van der Waals surface area contributed by atoms with Gasteiger partial charge in [-0.05, 0) is 83.5 Å². The Morgan fingerprint density at radius 2 is 0.677 bits per heavy atom. The molecular formula is C56H96O6. The summed E-state index contributed by atoms with van der Waals surface area (Å²) in [6.07, 6.45) is 63.1. The number of carbonyl (C=O) groups excluding carboxylic acids is 3. The molecule has 0 aromatic rings. The van der Waals surface area contributed by atoms with E-state index in [4.69, 9.17) is 14.2 Å². The van der Waals surface area contributed by atoms with E-state index in [-0.39, 0.29) is 31.1 Å². The van der Waals surface area contributed by atoms with Crippen LogP contribution in [0.3, 0.4) is 0 Å².